The molecule has 2 heterocycles. The molecule has 0 bridgehead atoms. The van der Waals surface area contributed by atoms with E-state index in [2.05, 4.69) is 0 Å². The van der Waals surface area contributed by atoms with Gasteiger partial charge in [-0.1, -0.05) is 0 Å². The molecule has 2 aliphatic rings. The molecule has 1 fully saturated rings. The largest absolute Gasteiger partial charge is 0.493 e. The Hall–Kier alpha value is -1.11. The number of sulfonamides is 1. The molecule has 0 aliphatic carbocycles. The first-order valence-corrected chi connectivity index (χ1v) is 7.95. The lowest BCUT2D eigenvalue weighted by Gasteiger charge is -2.26. The number of hydrogen-bond donors (Lipinski definition) is 0. The van der Waals surface area contributed by atoms with Crippen LogP contribution < -0.4 is 4.74 Å². The van der Waals surface area contributed by atoms with E-state index in [1.807, 2.05) is 0 Å². The maximum Gasteiger partial charge on any atom is 0.243 e. The molecule has 5 nitrogen and oxygen atoms in total. The van der Waals surface area contributed by atoms with Gasteiger partial charge in [0, 0.05) is 13.1 Å². The summed E-state index contributed by atoms with van der Waals surface area (Å²) >= 11 is 0. The molecule has 1 aromatic carbocycles. The van der Waals surface area contributed by atoms with E-state index in [4.69, 9.17) is 9.47 Å². The van der Waals surface area contributed by atoms with Crippen molar-refractivity contribution in [2.45, 2.75) is 17.7 Å². The Bertz CT molecular complexity index is 564. The second-order valence-corrected chi connectivity index (χ2v) is 6.68. The van der Waals surface area contributed by atoms with Crippen molar-refractivity contribution in [3.05, 3.63) is 23.8 Å². The molecule has 0 aromatic heterocycles. The van der Waals surface area contributed by atoms with E-state index < -0.39 is 10.0 Å². The first-order chi connectivity index (χ1) is 9.18. The van der Waals surface area contributed by atoms with Crippen LogP contribution in [0.15, 0.2) is 23.1 Å². The summed E-state index contributed by atoms with van der Waals surface area (Å²) < 4.78 is 37.2. The van der Waals surface area contributed by atoms with Crippen molar-refractivity contribution in [1.82, 2.24) is 4.31 Å². The highest BCUT2D eigenvalue weighted by Gasteiger charge is 2.27. The van der Waals surface area contributed by atoms with Gasteiger partial charge in [0.1, 0.15) is 5.75 Å². The Balaban J connectivity index is 1.92. The van der Waals surface area contributed by atoms with Crippen LogP contribution in [0.5, 0.6) is 5.75 Å². The zero-order chi connectivity index (χ0) is 13.3. The molecule has 1 saturated heterocycles. The van der Waals surface area contributed by atoms with Gasteiger partial charge in [0.15, 0.2) is 0 Å². The molecule has 2 aliphatic heterocycles. The van der Waals surface area contributed by atoms with Crippen LogP contribution in [-0.4, -0.2) is 45.6 Å². The van der Waals surface area contributed by atoms with Gasteiger partial charge in [-0.05, 0) is 36.6 Å². The van der Waals surface area contributed by atoms with Gasteiger partial charge in [0.2, 0.25) is 10.0 Å². The third-order valence-corrected chi connectivity index (χ3v) is 5.38. The van der Waals surface area contributed by atoms with Gasteiger partial charge < -0.3 is 9.47 Å². The zero-order valence-electron chi connectivity index (χ0n) is 10.7. The maximum absolute atomic E-state index is 12.5. The molecule has 0 unspecified atom stereocenters. The normalized spacial score (nSPS) is 20.6. The van der Waals surface area contributed by atoms with Gasteiger partial charge in [0.05, 0.1) is 24.7 Å². The standard InChI is InChI=1S/C13H17NO4S/c15-19(16,14-5-8-17-9-6-14)12-3-4-13-11(10-12)2-1-7-18-13/h3-4,10H,1-2,5-9H2. The second kappa shape index (κ2) is 5.11. The number of fused-ring (bicyclic) bond motifs is 1. The molecule has 6 heteroatoms. The van der Waals surface area contributed by atoms with E-state index in [0.29, 0.717) is 37.8 Å². The van der Waals surface area contributed by atoms with Crippen LogP contribution in [0.1, 0.15) is 12.0 Å². The number of aryl methyl sites for hydroxylation is 1. The van der Waals surface area contributed by atoms with E-state index in [1.165, 1.54) is 4.31 Å². The van der Waals surface area contributed by atoms with Gasteiger partial charge in [-0.15, -0.1) is 0 Å². The summed E-state index contributed by atoms with van der Waals surface area (Å²) in [5, 5.41) is 0. The second-order valence-electron chi connectivity index (χ2n) is 4.74. The zero-order valence-corrected chi connectivity index (χ0v) is 11.5. The van der Waals surface area contributed by atoms with Crippen LogP contribution in [-0.2, 0) is 21.2 Å². The molecule has 0 atom stereocenters. The lowest BCUT2D eigenvalue weighted by atomic mass is 10.1. The van der Waals surface area contributed by atoms with Crippen LogP contribution >= 0.6 is 0 Å². The fourth-order valence-corrected chi connectivity index (χ4v) is 3.89. The van der Waals surface area contributed by atoms with E-state index in [9.17, 15) is 8.42 Å². The van der Waals surface area contributed by atoms with Gasteiger partial charge >= 0.3 is 0 Å². The van der Waals surface area contributed by atoms with E-state index in [0.717, 1.165) is 24.2 Å². The first kappa shape index (κ1) is 12.9. The van der Waals surface area contributed by atoms with E-state index in [1.54, 1.807) is 18.2 Å². The van der Waals surface area contributed by atoms with Gasteiger partial charge in [-0.25, -0.2) is 8.42 Å². The van der Waals surface area contributed by atoms with E-state index >= 15 is 0 Å². The van der Waals surface area contributed by atoms with E-state index in [-0.39, 0.29) is 0 Å². The summed E-state index contributed by atoms with van der Waals surface area (Å²) in [6, 6.07) is 5.15. The minimum Gasteiger partial charge on any atom is -0.493 e. The molecule has 1 aromatic rings. The minimum absolute atomic E-state index is 0.360. The molecule has 0 spiro atoms. The lowest BCUT2D eigenvalue weighted by Crippen LogP contribution is -2.40. The highest BCUT2D eigenvalue weighted by atomic mass is 32.2. The van der Waals surface area contributed by atoms with Crippen molar-refractivity contribution in [2.24, 2.45) is 0 Å². The Morgan fingerprint density at radius 1 is 1.11 bits per heavy atom. The monoisotopic (exact) mass is 283 g/mol. The van der Waals surface area contributed by atoms with Gasteiger partial charge in [0.25, 0.3) is 0 Å². The third kappa shape index (κ3) is 2.48. The Morgan fingerprint density at radius 3 is 2.68 bits per heavy atom. The summed E-state index contributed by atoms with van der Waals surface area (Å²) in [6.45, 7) is 2.50. The molecular formula is C13H17NO4S. The SMILES string of the molecule is O=S(=O)(c1ccc2c(c1)CCCO2)N1CCOCC1. The molecule has 3 rings (SSSR count). The maximum atomic E-state index is 12.5. The number of rotatable bonds is 2. The number of morpholine rings is 1. The average molecular weight is 283 g/mol. The topological polar surface area (TPSA) is 55.8 Å². The third-order valence-electron chi connectivity index (χ3n) is 3.49. The number of ether oxygens (including phenoxy) is 2. The van der Waals surface area contributed by atoms with Crippen LogP contribution in [0.2, 0.25) is 0 Å². The molecule has 0 saturated carbocycles. The van der Waals surface area contributed by atoms with Crippen molar-refractivity contribution >= 4 is 10.0 Å². The number of hydrogen-bond acceptors (Lipinski definition) is 4. The molecule has 0 radical (unpaired) electrons. The van der Waals surface area contributed by atoms with Gasteiger partial charge in [-0.2, -0.15) is 4.31 Å². The van der Waals surface area contributed by atoms with Crippen LogP contribution in [0.3, 0.4) is 0 Å². The van der Waals surface area contributed by atoms with Crippen molar-refractivity contribution in [3.63, 3.8) is 0 Å². The first-order valence-electron chi connectivity index (χ1n) is 6.51. The predicted octanol–water partition coefficient (Wildman–Crippen LogP) is 1.03. The van der Waals surface area contributed by atoms with Crippen molar-refractivity contribution in [3.8, 4) is 5.75 Å². The fraction of sp³-hybridized carbons (Fsp3) is 0.538. The smallest absolute Gasteiger partial charge is 0.243 e. The number of nitrogens with zero attached hydrogens (tertiary/aromatic N) is 1. The fourth-order valence-electron chi connectivity index (χ4n) is 2.43. The molecular weight excluding hydrogens is 266 g/mol. The Morgan fingerprint density at radius 2 is 1.89 bits per heavy atom. The highest BCUT2D eigenvalue weighted by Crippen LogP contribution is 2.28. The van der Waals surface area contributed by atoms with Crippen molar-refractivity contribution in [1.29, 1.82) is 0 Å². The predicted molar refractivity (Wildman–Crippen MR) is 69.8 cm³/mol. The minimum atomic E-state index is -3.40. The lowest BCUT2D eigenvalue weighted by molar-refractivity contribution is 0.0730. The highest BCUT2D eigenvalue weighted by molar-refractivity contribution is 7.89. The van der Waals surface area contributed by atoms with Crippen LogP contribution in [0, 0.1) is 0 Å². The molecule has 19 heavy (non-hydrogen) atoms. The molecule has 104 valence electrons. The Kier molecular flexibility index (Phi) is 3.47. The summed E-state index contributed by atoms with van der Waals surface area (Å²) in [5.74, 6) is 0.812. The number of benzene rings is 1. The van der Waals surface area contributed by atoms with Crippen LogP contribution in [0.4, 0.5) is 0 Å². The molecule has 0 amide bonds. The molecule has 0 N–H and O–H groups in total. The quantitative estimate of drug-likeness (QED) is 0.813. The van der Waals surface area contributed by atoms with Crippen molar-refractivity contribution < 1.29 is 17.9 Å². The van der Waals surface area contributed by atoms with Crippen molar-refractivity contribution in [2.75, 3.05) is 32.9 Å². The summed E-state index contributed by atoms with van der Waals surface area (Å²) in [4.78, 5) is 0.360. The van der Waals surface area contributed by atoms with Gasteiger partial charge in [-0.3, -0.25) is 0 Å². The van der Waals surface area contributed by atoms with Crippen LogP contribution in [0.25, 0.3) is 0 Å². The summed E-state index contributed by atoms with van der Waals surface area (Å²) in [6.07, 6.45) is 1.82. The summed E-state index contributed by atoms with van der Waals surface area (Å²) in [5.41, 5.74) is 0.987. The Labute approximate surface area is 113 Å². The summed E-state index contributed by atoms with van der Waals surface area (Å²) in [7, 11) is -3.40. The average Bonchev–Trinajstić information content (AvgIpc) is 2.47.